The SMILES string of the molecule is C1CCOCC1.C1CCOCC1.CCCCCCCC[S+]([O-])C(C)Cc1ccc2c(c1)OCO2. The summed E-state index contributed by atoms with van der Waals surface area (Å²) in [5.41, 5.74) is 1.17. The zero-order valence-corrected chi connectivity index (χ0v) is 22.5. The van der Waals surface area contributed by atoms with Gasteiger partial charge >= 0.3 is 0 Å². The lowest BCUT2D eigenvalue weighted by Crippen LogP contribution is -2.23. The predicted octanol–water partition coefficient (Wildman–Crippen LogP) is 6.83. The maximum atomic E-state index is 12.3. The molecule has 1 aromatic carbocycles. The molecule has 0 spiro atoms. The maximum absolute atomic E-state index is 12.3. The Morgan fingerprint density at radius 2 is 1.38 bits per heavy atom. The Morgan fingerprint density at radius 3 is 1.94 bits per heavy atom. The molecule has 3 heterocycles. The second kappa shape index (κ2) is 19.3. The Kier molecular flexibility index (Phi) is 16.6. The van der Waals surface area contributed by atoms with Crippen molar-refractivity contribution in [3.05, 3.63) is 23.8 Å². The molecule has 2 saturated heterocycles. The van der Waals surface area contributed by atoms with Gasteiger partial charge in [-0.1, -0.05) is 49.8 Å². The summed E-state index contributed by atoms with van der Waals surface area (Å²) in [6.07, 6.45) is 16.2. The number of unbranched alkanes of at least 4 members (excludes halogenated alkanes) is 5. The molecule has 4 rings (SSSR count). The average molecular weight is 497 g/mol. The van der Waals surface area contributed by atoms with Gasteiger partial charge in [0.2, 0.25) is 6.79 Å². The van der Waals surface area contributed by atoms with Gasteiger partial charge in [-0.15, -0.1) is 0 Å². The van der Waals surface area contributed by atoms with Crippen molar-refractivity contribution >= 4 is 11.2 Å². The molecule has 0 saturated carbocycles. The van der Waals surface area contributed by atoms with Crippen LogP contribution in [-0.4, -0.2) is 48.8 Å². The van der Waals surface area contributed by atoms with E-state index in [-0.39, 0.29) is 5.25 Å². The van der Waals surface area contributed by atoms with Crippen molar-refractivity contribution in [2.45, 2.75) is 103 Å². The van der Waals surface area contributed by atoms with Crippen molar-refractivity contribution in [2.24, 2.45) is 0 Å². The van der Waals surface area contributed by atoms with Crippen LogP contribution in [0.15, 0.2) is 18.2 Å². The van der Waals surface area contributed by atoms with Gasteiger partial charge in [0.1, 0.15) is 11.0 Å². The van der Waals surface area contributed by atoms with Crippen LogP contribution in [-0.2, 0) is 27.1 Å². The van der Waals surface area contributed by atoms with E-state index in [0.717, 1.165) is 56.5 Å². The van der Waals surface area contributed by atoms with E-state index in [9.17, 15) is 4.55 Å². The summed E-state index contributed by atoms with van der Waals surface area (Å²) in [4.78, 5) is 0. The third kappa shape index (κ3) is 13.2. The Balaban J connectivity index is 0.000000274. The second-order valence-electron chi connectivity index (χ2n) is 9.40. The smallest absolute Gasteiger partial charge is 0.231 e. The lowest BCUT2D eigenvalue weighted by atomic mass is 10.1. The van der Waals surface area contributed by atoms with E-state index < -0.39 is 11.2 Å². The molecular formula is C28H48O5S. The lowest BCUT2D eigenvalue weighted by Gasteiger charge is -2.18. The van der Waals surface area contributed by atoms with Gasteiger partial charge < -0.3 is 23.5 Å². The van der Waals surface area contributed by atoms with Crippen LogP contribution in [0.2, 0.25) is 0 Å². The molecule has 2 unspecified atom stereocenters. The molecule has 6 heteroatoms. The molecule has 0 bridgehead atoms. The van der Waals surface area contributed by atoms with Crippen molar-refractivity contribution in [3.8, 4) is 11.5 Å². The highest BCUT2D eigenvalue weighted by Gasteiger charge is 2.19. The van der Waals surface area contributed by atoms with Crippen LogP contribution in [0.5, 0.6) is 11.5 Å². The quantitative estimate of drug-likeness (QED) is 0.262. The first kappa shape index (κ1) is 29.3. The van der Waals surface area contributed by atoms with Crippen molar-refractivity contribution in [2.75, 3.05) is 39.0 Å². The number of fused-ring (bicyclic) bond motifs is 1. The van der Waals surface area contributed by atoms with Gasteiger partial charge in [-0.3, -0.25) is 0 Å². The molecule has 0 aliphatic carbocycles. The molecular weight excluding hydrogens is 448 g/mol. The minimum absolute atomic E-state index is 0.191. The molecule has 3 aliphatic heterocycles. The largest absolute Gasteiger partial charge is 0.616 e. The summed E-state index contributed by atoms with van der Waals surface area (Å²) in [6, 6.07) is 6.01. The fourth-order valence-electron chi connectivity index (χ4n) is 4.09. The Morgan fingerprint density at radius 1 is 0.794 bits per heavy atom. The fourth-order valence-corrected chi connectivity index (χ4v) is 5.36. The van der Waals surface area contributed by atoms with Gasteiger partial charge in [0.15, 0.2) is 11.5 Å². The van der Waals surface area contributed by atoms with Gasteiger partial charge in [-0.2, -0.15) is 0 Å². The van der Waals surface area contributed by atoms with Crippen LogP contribution in [0.4, 0.5) is 0 Å². The Labute approximate surface area is 211 Å². The van der Waals surface area contributed by atoms with E-state index in [1.165, 1.54) is 76.2 Å². The average Bonchev–Trinajstić information content (AvgIpc) is 3.37. The van der Waals surface area contributed by atoms with E-state index in [1.54, 1.807) is 0 Å². The van der Waals surface area contributed by atoms with E-state index in [4.69, 9.17) is 18.9 Å². The van der Waals surface area contributed by atoms with Crippen LogP contribution < -0.4 is 9.47 Å². The van der Waals surface area contributed by atoms with E-state index in [2.05, 4.69) is 13.8 Å². The summed E-state index contributed by atoms with van der Waals surface area (Å²) in [5, 5.41) is 0.191. The van der Waals surface area contributed by atoms with E-state index in [0.29, 0.717) is 6.79 Å². The third-order valence-corrected chi connectivity index (χ3v) is 8.02. The number of hydrogen-bond donors (Lipinski definition) is 0. The Hall–Kier alpha value is -0.950. The standard InChI is InChI=1S/C18H28O3S.2C5H10O/c1-3-4-5-6-7-8-11-22(19)15(2)12-16-9-10-17-18(13-16)21-14-20-17;2*1-2-4-6-5-3-1/h9-10,13,15H,3-8,11-12,14H2,1-2H3;2*1-5H2. The molecule has 2 fully saturated rings. The molecule has 34 heavy (non-hydrogen) atoms. The summed E-state index contributed by atoms with van der Waals surface area (Å²) >= 11 is -0.743. The van der Waals surface area contributed by atoms with Crippen molar-refractivity contribution < 1.29 is 23.5 Å². The molecule has 0 N–H and O–H groups in total. The van der Waals surface area contributed by atoms with Gasteiger partial charge in [0.25, 0.3) is 0 Å². The third-order valence-electron chi connectivity index (χ3n) is 6.26. The molecule has 0 aromatic heterocycles. The topological polar surface area (TPSA) is 60.0 Å². The van der Waals surface area contributed by atoms with E-state index >= 15 is 0 Å². The maximum Gasteiger partial charge on any atom is 0.231 e. The Bertz CT molecular complexity index is 584. The fraction of sp³-hybridized carbons (Fsp3) is 0.786. The lowest BCUT2D eigenvalue weighted by molar-refractivity contribution is 0.0967. The number of benzene rings is 1. The number of hydrogen-bond acceptors (Lipinski definition) is 5. The second-order valence-corrected chi connectivity index (χ2v) is 11.4. The summed E-state index contributed by atoms with van der Waals surface area (Å²) in [7, 11) is 0. The highest BCUT2D eigenvalue weighted by molar-refractivity contribution is 7.91. The van der Waals surface area contributed by atoms with Crippen LogP contribution in [0.3, 0.4) is 0 Å². The first-order valence-corrected chi connectivity index (χ1v) is 15.0. The van der Waals surface area contributed by atoms with Gasteiger partial charge in [0.05, 0.1) is 0 Å². The first-order chi connectivity index (χ1) is 16.7. The first-order valence-electron chi connectivity index (χ1n) is 13.6. The summed E-state index contributed by atoms with van der Waals surface area (Å²) < 4.78 is 33.2. The monoisotopic (exact) mass is 496 g/mol. The summed E-state index contributed by atoms with van der Waals surface area (Å²) in [5.74, 6) is 2.45. The van der Waals surface area contributed by atoms with Crippen LogP contribution in [0, 0.1) is 0 Å². The van der Waals surface area contributed by atoms with Crippen LogP contribution in [0.25, 0.3) is 0 Å². The van der Waals surface area contributed by atoms with Gasteiger partial charge in [-0.05, 0) is 76.0 Å². The normalized spacial score (nSPS) is 18.7. The minimum atomic E-state index is -0.743. The molecule has 0 amide bonds. The van der Waals surface area contributed by atoms with Crippen LogP contribution in [0.1, 0.15) is 96.5 Å². The van der Waals surface area contributed by atoms with Crippen molar-refractivity contribution in [1.29, 1.82) is 0 Å². The van der Waals surface area contributed by atoms with Gasteiger partial charge in [0, 0.05) is 32.8 Å². The molecule has 2 atom stereocenters. The number of ether oxygens (including phenoxy) is 4. The van der Waals surface area contributed by atoms with E-state index in [1.807, 2.05) is 18.2 Å². The molecule has 1 aromatic rings. The predicted molar refractivity (Wildman–Crippen MR) is 141 cm³/mol. The molecule has 0 radical (unpaired) electrons. The van der Waals surface area contributed by atoms with Crippen molar-refractivity contribution in [1.82, 2.24) is 0 Å². The zero-order chi connectivity index (χ0) is 24.3. The zero-order valence-electron chi connectivity index (χ0n) is 21.7. The molecule has 5 nitrogen and oxygen atoms in total. The number of rotatable bonds is 10. The summed E-state index contributed by atoms with van der Waals surface area (Å²) in [6.45, 7) is 8.61. The highest BCUT2D eigenvalue weighted by atomic mass is 32.2. The minimum Gasteiger partial charge on any atom is -0.616 e. The molecule has 3 aliphatic rings. The molecule has 196 valence electrons. The van der Waals surface area contributed by atoms with Crippen molar-refractivity contribution in [3.63, 3.8) is 0 Å². The highest BCUT2D eigenvalue weighted by Crippen LogP contribution is 2.33. The van der Waals surface area contributed by atoms with Crippen LogP contribution >= 0.6 is 0 Å². The van der Waals surface area contributed by atoms with Gasteiger partial charge in [-0.25, -0.2) is 0 Å².